The van der Waals surface area contributed by atoms with E-state index in [0.29, 0.717) is 19.4 Å². The topological polar surface area (TPSA) is 49.4 Å². The van der Waals surface area contributed by atoms with Crippen molar-refractivity contribution in [1.82, 2.24) is 5.32 Å². The lowest BCUT2D eigenvalue weighted by Gasteiger charge is -2.17. The predicted molar refractivity (Wildman–Crippen MR) is 95.0 cm³/mol. The fourth-order valence-corrected chi connectivity index (χ4v) is 3.02. The predicted octanol–water partition coefficient (Wildman–Crippen LogP) is 2.77. The Morgan fingerprint density at radius 2 is 1.83 bits per heavy atom. The highest BCUT2D eigenvalue weighted by Crippen LogP contribution is 2.22. The number of carbonyl (C=O) groups is 2. The summed E-state index contributed by atoms with van der Waals surface area (Å²) in [7, 11) is 0. The SMILES string of the molecule is Cc1ccc(N2CCC(NC(=O)Cc3ccccc3C)C2=O)cc1. The zero-order valence-electron chi connectivity index (χ0n) is 14.1. The van der Waals surface area contributed by atoms with E-state index >= 15 is 0 Å². The van der Waals surface area contributed by atoms with Gasteiger partial charge >= 0.3 is 0 Å². The lowest BCUT2D eigenvalue weighted by Crippen LogP contribution is -2.42. The fraction of sp³-hybridized carbons (Fsp3) is 0.300. The van der Waals surface area contributed by atoms with E-state index in [1.54, 1.807) is 4.90 Å². The van der Waals surface area contributed by atoms with Crippen LogP contribution in [0.25, 0.3) is 0 Å². The summed E-state index contributed by atoms with van der Waals surface area (Å²) >= 11 is 0. The quantitative estimate of drug-likeness (QED) is 0.941. The first-order chi connectivity index (χ1) is 11.5. The van der Waals surface area contributed by atoms with Crippen LogP contribution in [0.2, 0.25) is 0 Å². The molecule has 1 unspecified atom stereocenters. The summed E-state index contributed by atoms with van der Waals surface area (Å²) in [6, 6.07) is 15.3. The Morgan fingerprint density at radius 3 is 2.54 bits per heavy atom. The van der Waals surface area contributed by atoms with Crippen LogP contribution in [0, 0.1) is 13.8 Å². The van der Waals surface area contributed by atoms with Crippen LogP contribution in [0.1, 0.15) is 23.1 Å². The molecule has 2 aromatic carbocycles. The summed E-state index contributed by atoms with van der Waals surface area (Å²) in [6.45, 7) is 4.64. The average Bonchev–Trinajstić information content (AvgIpc) is 2.91. The molecule has 1 saturated heterocycles. The standard InChI is InChI=1S/C20H22N2O2/c1-14-7-9-17(10-8-14)22-12-11-18(20(22)24)21-19(23)13-16-6-4-3-5-15(16)2/h3-10,18H,11-13H2,1-2H3,(H,21,23). The molecule has 1 aliphatic rings. The van der Waals surface area contributed by atoms with E-state index in [2.05, 4.69) is 5.32 Å². The Bertz CT molecular complexity index is 752. The molecule has 1 aliphatic heterocycles. The smallest absolute Gasteiger partial charge is 0.249 e. The number of hydrogen-bond acceptors (Lipinski definition) is 2. The lowest BCUT2D eigenvalue weighted by atomic mass is 10.1. The van der Waals surface area contributed by atoms with Crippen LogP contribution < -0.4 is 10.2 Å². The summed E-state index contributed by atoms with van der Waals surface area (Å²) in [6.07, 6.45) is 0.952. The first-order valence-corrected chi connectivity index (χ1v) is 8.26. The summed E-state index contributed by atoms with van der Waals surface area (Å²) in [4.78, 5) is 26.6. The number of anilines is 1. The van der Waals surface area contributed by atoms with Crippen LogP contribution in [-0.2, 0) is 16.0 Å². The van der Waals surface area contributed by atoms with Crippen LogP contribution in [-0.4, -0.2) is 24.4 Å². The second kappa shape index (κ2) is 6.87. The Hall–Kier alpha value is -2.62. The van der Waals surface area contributed by atoms with Crippen molar-refractivity contribution < 1.29 is 9.59 Å². The second-order valence-corrected chi connectivity index (χ2v) is 6.34. The van der Waals surface area contributed by atoms with Crippen LogP contribution in [0.5, 0.6) is 0 Å². The Labute approximate surface area is 142 Å². The van der Waals surface area contributed by atoms with Gasteiger partial charge in [-0.2, -0.15) is 0 Å². The summed E-state index contributed by atoms with van der Waals surface area (Å²) in [5, 5.41) is 2.89. The summed E-state index contributed by atoms with van der Waals surface area (Å²) < 4.78 is 0. The van der Waals surface area contributed by atoms with Gasteiger partial charge in [0.2, 0.25) is 11.8 Å². The molecule has 0 bridgehead atoms. The molecule has 1 heterocycles. The number of rotatable bonds is 4. The molecule has 1 N–H and O–H groups in total. The summed E-state index contributed by atoms with van der Waals surface area (Å²) in [5.41, 5.74) is 4.14. The second-order valence-electron chi connectivity index (χ2n) is 6.34. The van der Waals surface area contributed by atoms with Crippen molar-refractivity contribution >= 4 is 17.5 Å². The van der Waals surface area contributed by atoms with Gasteiger partial charge in [0.05, 0.1) is 6.42 Å². The van der Waals surface area contributed by atoms with Gasteiger partial charge in [0.1, 0.15) is 6.04 Å². The van der Waals surface area contributed by atoms with E-state index in [0.717, 1.165) is 22.4 Å². The number of nitrogens with one attached hydrogen (secondary N) is 1. The number of hydrogen-bond donors (Lipinski definition) is 1. The van der Waals surface area contributed by atoms with E-state index in [1.807, 2.05) is 62.4 Å². The van der Waals surface area contributed by atoms with Gasteiger partial charge < -0.3 is 10.2 Å². The highest BCUT2D eigenvalue weighted by molar-refractivity contribution is 6.01. The maximum absolute atomic E-state index is 12.6. The van der Waals surface area contributed by atoms with Gasteiger partial charge in [-0.25, -0.2) is 0 Å². The van der Waals surface area contributed by atoms with Crippen LogP contribution in [0.4, 0.5) is 5.69 Å². The van der Waals surface area contributed by atoms with Gasteiger partial charge in [0.15, 0.2) is 0 Å². The molecule has 0 saturated carbocycles. The molecule has 4 nitrogen and oxygen atoms in total. The molecule has 0 aliphatic carbocycles. The number of aryl methyl sites for hydroxylation is 2. The van der Waals surface area contributed by atoms with Crippen LogP contribution >= 0.6 is 0 Å². The third-order valence-electron chi connectivity index (χ3n) is 4.50. The molecule has 124 valence electrons. The van der Waals surface area contributed by atoms with E-state index < -0.39 is 6.04 Å². The number of carbonyl (C=O) groups excluding carboxylic acids is 2. The van der Waals surface area contributed by atoms with Crippen molar-refractivity contribution in [2.24, 2.45) is 0 Å². The molecule has 1 fully saturated rings. The molecule has 4 heteroatoms. The van der Waals surface area contributed by atoms with E-state index in [4.69, 9.17) is 0 Å². The Kier molecular flexibility index (Phi) is 4.65. The van der Waals surface area contributed by atoms with Gasteiger partial charge in [0.25, 0.3) is 0 Å². The van der Waals surface area contributed by atoms with E-state index in [9.17, 15) is 9.59 Å². The van der Waals surface area contributed by atoms with Gasteiger partial charge in [0, 0.05) is 12.2 Å². The van der Waals surface area contributed by atoms with Crippen molar-refractivity contribution in [3.8, 4) is 0 Å². The molecule has 3 rings (SSSR count). The maximum Gasteiger partial charge on any atom is 0.249 e. The van der Waals surface area contributed by atoms with Crippen molar-refractivity contribution in [2.75, 3.05) is 11.4 Å². The van der Waals surface area contributed by atoms with Crippen molar-refractivity contribution in [1.29, 1.82) is 0 Å². The van der Waals surface area contributed by atoms with Crippen molar-refractivity contribution in [2.45, 2.75) is 32.7 Å². The third kappa shape index (κ3) is 3.48. The number of nitrogens with zero attached hydrogens (tertiary/aromatic N) is 1. The van der Waals surface area contributed by atoms with Gasteiger partial charge in [-0.1, -0.05) is 42.0 Å². The molecule has 2 aromatic rings. The van der Waals surface area contributed by atoms with E-state index in [-0.39, 0.29) is 11.8 Å². The average molecular weight is 322 g/mol. The van der Waals surface area contributed by atoms with Gasteiger partial charge in [-0.3, -0.25) is 9.59 Å². The van der Waals surface area contributed by atoms with Gasteiger partial charge in [-0.05, 0) is 43.5 Å². The molecular weight excluding hydrogens is 300 g/mol. The van der Waals surface area contributed by atoms with Gasteiger partial charge in [-0.15, -0.1) is 0 Å². The molecular formula is C20H22N2O2. The minimum atomic E-state index is -0.428. The Morgan fingerprint density at radius 1 is 1.12 bits per heavy atom. The lowest BCUT2D eigenvalue weighted by molar-refractivity contribution is -0.126. The molecule has 0 radical (unpaired) electrons. The fourth-order valence-electron chi connectivity index (χ4n) is 3.02. The van der Waals surface area contributed by atoms with Crippen molar-refractivity contribution in [3.63, 3.8) is 0 Å². The van der Waals surface area contributed by atoms with Crippen LogP contribution in [0.15, 0.2) is 48.5 Å². The largest absolute Gasteiger partial charge is 0.344 e. The minimum Gasteiger partial charge on any atom is -0.344 e. The van der Waals surface area contributed by atoms with Crippen molar-refractivity contribution in [3.05, 3.63) is 65.2 Å². The van der Waals surface area contributed by atoms with Crippen LogP contribution in [0.3, 0.4) is 0 Å². The molecule has 24 heavy (non-hydrogen) atoms. The number of amides is 2. The minimum absolute atomic E-state index is 0.0306. The zero-order chi connectivity index (χ0) is 17.1. The number of benzene rings is 2. The molecule has 2 amide bonds. The highest BCUT2D eigenvalue weighted by atomic mass is 16.2. The molecule has 0 aromatic heterocycles. The first kappa shape index (κ1) is 16.2. The molecule has 1 atom stereocenters. The third-order valence-corrected chi connectivity index (χ3v) is 4.50. The zero-order valence-corrected chi connectivity index (χ0v) is 14.1. The monoisotopic (exact) mass is 322 g/mol. The maximum atomic E-state index is 12.6. The first-order valence-electron chi connectivity index (χ1n) is 8.26. The molecule has 0 spiro atoms. The Balaban J connectivity index is 1.62. The normalized spacial score (nSPS) is 17.2. The summed E-state index contributed by atoms with van der Waals surface area (Å²) in [5.74, 6) is -0.134. The van der Waals surface area contributed by atoms with E-state index in [1.165, 1.54) is 0 Å². The highest BCUT2D eigenvalue weighted by Gasteiger charge is 2.33.